The Bertz CT molecular complexity index is 645. The van der Waals surface area contributed by atoms with E-state index in [1.807, 2.05) is 13.0 Å². The van der Waals surface area contributed by atoms with Crippen LogP contribution in [0, 0.1) is 6.92 Å². The second kappa shape index (κ2) is 6.34. The smallest absolute Gasteiger partial charge is 0.162 e. The molecule has 0 radical (unpaired) electrons. The number of fused-ring (bicyclic) bond motifs is 1. The molecule has 2 heterocycles. The third-order valence-corrected chi connectivity index (χ3v) is 4.81. The third kappa shape index (κ3) is 3.56. The van der Waals surface area contributed by atoms with E-state index in [9.17, 15) is 0 Å². The number of aromatic nitrogens is 1. The molecule has 1 aromatic heterocycles. The second-order valence-corrected chi connectivity index (χ2v) is 7.03. The van der Waals surface area contributed by atoms with Gasteiger partial charge < -0.3 is 9.47 Å². The molecular weight excluding hydrogens is 352 g/mol. The maximum atomic E-state index is 5.65. The zero-order valence-electron chi connectivity index (χ0n) is 12.1. The molecule has 0 atom stereocenters. The fourth-order valence-corrected chi connectivity index (χ4v) is 3.38. The number of hydrogen-bond acceptors (Lipinski definition) is 5. The van der Waals surface area contributed by atoms with Crippen LogP contribution in [0.4, 0.5) is 0 Å². The third-order valence-electron chi connectivity index (χ3n) is 3.25. The summed E-state index contributed by atoms with van der Waals surface area (Å²) in [6.07, 6.45) is 0. The fourth-order valence-electron chi connectivity index (χ4n) is 2.33. The lowest BCUT2D eigenvalue weighted by molar-refractivity contribution is 0.171. The first kappa shape index (κ1) is 14.8. The van der Waals surface area contributed by atoms with Crippen molar-refractivity contribution in [2.45, 2.75) is 20.0 Å². The number of rotatable bonds is 4. The van der Waals surface area contributed by atoms with Crippen molar-refractivity contribution in [3.05, 3.63) is 38.3 Å². The first-order chi connectivity index (χ1) is 10.1. The Morgan fingerprint density at radius 1 is 1.24 bits per heavy atom. The van der Waals surface area contributed by atoms with Crippen LogP contribution in [0.15, 0.2) is 22.0 Å². The van der Waals surface area contributed by atoms with Gasteiger partial charge in [-0.1, -0.05) is 15.9 Å². The van der Waals surface area contributed by atoms with Crippen molar-refractivity contribution < 1.29 is 9.47 Å². The zero-order chi connectivity index (χ0) is 14.8. The second-order valence-electron chi connectivity index (χ2n) is 5.12. The van der Waals surface area contributed by atoms with Gasteiger partial charge in [-0.3, -0.25) is 4.90 Å². The molecule has 4 nitrogen and oxygen atoms in total. The van der Waals surface area contributed by atoms with Gasteiger partial charge in [0.05, 0.1) is 10.7 Å². The molecule has 3 rings (SSSR count). The minimum absolute atomic E-state index is 0.613. The SMILES string of the molecule is Cc1nc(CN(C)Cc2cc3c(cc2Br)OCCO3)cs1. The van der Waals surface area contributed by atoms with Gasteiger partial charge >= 0.3 is 0 Å². The Balaban J connectivity index is 1.71. The molecule has 0 aliphatic carbocycles. The number of halogens is 1. The summed E-state index contributed by atoms with van der Waals surface area (Å²) in [5, 5.41) is 3.23. The molecule has 0 bridgehead atoms. The molecule has 0 unspecified atom stereocenters. The minimum Gasteiger partial charge on any atom is -0.486 e. The fraction of sp³-hybridized carbons (Fsp3) is 0.400. The molecule has 0 amide bonds. The molecule has 1 aliphatic rings. The highest BCUT2D eigenvalue weighted by Crippen LogP contribution is 2.36. The van der Waals surface area contributed by atoms with Crippen molar-refractivity contribution in [1.29, 1.82) is 0 Å². The Hall–Kier alpha value is -1.11. The summed E-state index contributed by atoms with van der Waals surface area (Å²) in [7, 11) is 2.10. The number of ether oxygens (including phenoxy) is 2. The van der Waals surface area contributed by atoms with Crippen LogP contribution in [-0.2, 0) is 13.1 Å². The number of hydrogen-bond donors (Lipinski definition) is 0. The summed E-state index contributed by atoms with van der Waals surface area (Å²) in [5.74, 6) is 1.65. The number of nitrogens with zero attached hydrogens (tertiary/aromatic N) is 2. The Kier molecular flexibility index (Phi) is 4.47. The van der Waals surface area contributed by atoms with E-state index < -0.39 is 0 Å². The lowest BCUT2D eigenvalue weighted by atomic mass is 10.2. The van der Waals surface area contributed by atoms with E-state index >= 15 is 0 Å². The maximum absolute atomic E-state index is 5.65. The predicted molar refractivity (Wildman–Crippen MR) is 87.2 cm³/mol. The summed E-state index contributed by atoms with van der Waals surface area (Å²) in [5.41, 5.74) is 2.31. The molecule has 2 aromatic rings. The van der Waals surface area contributed by atoms with Crippen molar-refractivity contribution in [1.82, 2.24) is 9.88 Å². The van der Waals surface area contributed by atoms with Gasteiger partial charge in [-0.15, -0.1) is 11.3 Å². The Morgan fingerprint density at radius 3 is 2.62 bits per heavy atom. The molecule has 21 heavy (non-hydrogen) atoms. The zero-order valence-corrected chi connectivity index (χ0v) is 14.5. The van der Waals surface area contributed by atoms with Gasteiger partial charge in [0, 0.05) is 22.9 Å². The first-order valence-electron chi connectivity index (χ1n) is 6.79. The van der Waals surface area contributed by atoms with Gasteiger partial charge in [0.25, 0.3) is 0 Å². The molecule has 112 valence electrons. The monoisotopic (exact) mass is 368 g/mol. The normalized spacial score (nSPS) is 13.7. The minimum atomic E-state index is 0.613. The first-order valence-corrected chi connectivity index (χ1v) is 8.46. The van der Waals surface area contributed by atoms with Crippen molar-refractivity contribution in [2.24, 2.45) is 0 Å². The van der Waals surface area contributed by atoms with Crippen LogP contribution >= 0.6 is 27.3 Å². The summed E-state index contributed by atoms with van der Waals surface area (Å²) in [6, 6.07) is 4.05. The lowest BCUT2D eigenvalue weighted by Gasteiger charge is -2.22. The van der Waals surface area contributed by atoms with E-state index in [4.69, 9.17) is 9.47 Å². The highest BCUT2D eigenvalue weighted by molar-refractivity contribution is 9.10. The van der Waals surface area contributed by atoms with Crippen LogP contribution in [0.2, 0.25) is 0 Å². The standard InChI is InChI=1S/C15H17BrN2O2S/c1-10-17-12(9-21-10)8-18(2)7-11-5-14-15(6-13(11)16)20-4-3-19-14/h5-6,9H,3-4,7-8H2,1-2H3. The van der Waals surface area contributed by atoms with Crippen LogP contribution in [-0.4, -0.2) is 30.1 Å². The van der Waals surface area contributed by atoms with Crippen LogP contribution in [0.5, 0.6) is 11.5 Å². The predicted octanol–water partition coefficient (Wildman–Crippen LogP) is 3.62. The molecule has 0 fully saturated rings. The largest absolute Gasteiger partial charge is 0.486 e. The maximum Gasteiger partial charge on any atom is 0.162 e. The van der Waals surface area contributed by atoms with Crippen LogP contribution in [0.3, 0.4) is 0 Å². The van der Waals surface area contributed by atoms with Gasteiger partial charge in [0.1, 0.15) is 13.2 Å². The van der Waals surface area contributed by atoms with Crippen LogP contribution < -0.4 is 9.47 Å². The Labute approximate surface area is 136 Å². The van der Waals surface area contributed by atoms with Gasteiger partial charge in [-0.05, 0) is 31.7 Å². The molecule has 0 N–H and O–H groups in total. The van der Waals surface area contributed by atoms with E-state index in [0.29, 0.717) is 13.2 Å². The molecule has 0 spiro atoms. The molecule has 1 aliphatic heterocycles. The average Bonchev–Trinajstić information content (AvgIpc) is 2.85. The van der Waals surface area contributed by atoms with E-state index in [0.717, 1.165) is 39.8 Å². The number of aryl methyl sites for hydroxylation is 1. The van der Waals surface area contributed by atoms with E-state index in [1.54, 1.807) is 11.3 Å². The topological polar surface area (TPSA) is 34.6 Å². The van der Waals surface area contributed by atoms with Gasteiger partial charge in [0.2, 0.25) is 0 Å². The molecule has 1 aromatic carbocycles. The van der Waals surface area contributed by atoms with Crippen LogP contribution in [0.25, 0.3) is 0 Å². The van der Waals surface area contributed by atoms with Gasteiger partial charge in [-0.25, -0.2) is 4.98 Å². The van der Waals surface area contributed by atoms with E-state index in [2.05, 4.69) is 44.3 Å². The summed E-state index contributed by atoms with van der Waals surface area (Å²) < 4.78 is 12.3. The number of thiazole rings is 1. The average molecular weight is 369 g/mol. The van der Waals surface area contributed by atoms with Gasteiger partial charge in [0.15, 0.2) is 11.5 Å². The van der Waals surface area contributed by atoms with Crippen LogP contribution in [0.1, 0.15) is 16.3 Å². The molecule has 6 heteroatoms. The Morgan fingerprint density at radius 2 is 1.95 bits per heavy atom. The number of benzene rings is 1. The summed E-state index contributed by atoms with van der Waals surface area (Å²) in [4.78, 5) is 6.75. The highest BCUT2D eigenvalue weighted by atomic mass is 79.9. The molecule has 0 saturated heterocycles. The molecule has 0 saturated carbocycles. The van der Waals surface area contributed by atoms with Crippen molar-refractivity contribution in [3.8, 4) is 11.5 Å². The highest BCUT2D eigenvalue weighted by Gasteiger charge is 2.16. The van der Waals surface area contributed by atoms with Crippen molar-refractivity contribution >= 4 is 27.3 Å². The summed E-state index contributed by atoms with van der Waals surface area (Å²) in [6.45, 7) is 4.93. The van der Waals surface area contributed by atoms with E-state index in [1.165, 1.54) is 5.56 Å². The van der Waals surface area contributed by atoms with Gasteiger partial charge in [-0.2, -0.15) is 0 Å². The quantitative estimate of drug-likeness (QED) is 0.825. The van der Waals surface area contributed by atoms with Crippen molar-refractivity contribution in [3.63, 3.8) is 0 Å². The summed E-state index contributed by atoms with van der Waals surface area (Å²) >= 11 is 5.31. The lowest BCUT2D eigenvalue weighted by Crippen LogP contribution is -2.19. The van der Waals surface area contributed by atoms with E-state index in [-0.39, 0.29) is 0 Å². The van der Waals surface area contributed by atoms with Crippen molar-refractivity contribution in [2.75, 3.05) is 20.3 Å². The molecular formula is C15H17BrN2O2S.